The van der Waals surface area contributed by atoms with Gasteiger partial charge in [0.05, 0.1) is 6.54 Å². The van der Waals surface area contributed by atoms with Crippen molar-refractivity contribution in [3.05, 3.63) is 59.4 Å². The van der Waals surface area contributed by atoms with Crippen molar-refractivity contribution in [1.82, 2.24) is 14.7 Å². The van der Waals surface area contributed by atoms with Gasteiger partial charge in [-0.15, -0.1) is 0 Å². The predicted molar refractivity (Wildman–Crippen MR) is 117 cm³/mol. The molecule has 158 valence electrons. The summed E-state index contributed by atoms with van der Waals surface area (Å²) in [7, 11) is 0. The highest BCUT2D eigenvalue weighted by molar-refractivity contribution is 5.78. The molecule has 0 atom stereocenters. The number of carbonyl (C=O) groups is 1. The fourth-order valence-electron chi connectivity index (χ4n) is 4.97. The third-order valence-electron chi connectivity index (χ3n) is 7.07. The number of carbonyl (C=O) groups excluding carboxylic acids is 1. The second-order valence-corrected chi connectivity index (χ2v) is 8.96. The molecule has 2 fully saturated rings. The molecule has 1 aliphatic carbocycles. The molecular formula is C25H30FN3O. The van der Waals surface area contributed by atoms with Crippen LogP contribution in [-0.4, -0.2) is 65.9 Å². The predicted octanol–water partition coefficient (Wildman–Crippen LogP) is 3.55. The molecule has 1 saturated carbocycles. The summed E-state index contributed by atoms with van der Waals surface area (Å²) in [6.45, 7) is 6.02. The van der Waals surface area contributed by atoms with Gasteiger partial charge in [0.1, 0.15) is 5.82 Å². The van der Waals surface area contributed by atoms with E-state index in [1.807, 2.05) is 6.07 Å². The van der Waals surface area contributed by atoms with Crippen LogP contribution < -0.4 is 0 Å². The lowest BCUT2D eigenvalue weighted by Crippen LogP contribution is -2.55. The Morgan fingerprint density at radius 1 is 0.933 bits per heavy atom. The van der Waals surface area contributed by atoms with Crippen LogP contribution in [0, 0.1) is 5.82 Å². The normalized spacial score (nSPS) is 20.6. The minimum Gasteiger partial charge on any atom is -0.339 e. The highest BCUT2D eigenvalue weighted by atomic mass is 19.1. The van der Waals surface area contributed by atoms with Gasteiger partial charge < -0.3 is 4.90 Å². The number of piperazine rings is 1. The first kappa shape index (κ1) is 19.7. The van der Waals surface area contributed by atoms with Gasteiger partial charge in [-0.25, -0.2) is 4.39 Å². The maximum atomic E-state index is 13.6. The van der Waals surface area contributed by atoms with Crippen LogP contribution in [0.1, 0.15) is 30.4 Å². The number of hydrogen-bond donors (Lipinski definition) is 0. The number of halogens is 1. The first-order valence-corrected chi connectivity index (χ1v) is 11.3. The van der Waals surface area contributed by atoms with Crippen LogP contribution in [0.2, 0.25) is 0 Å². The smallest absolute Gasteiger partial charge is 0.236 e. The van der Waals surface area contributed by atoms with Gasteiger partial charge in [0.2, 0.25) is 5.91 Å². The Hall–Kier alpha value is -2.24. The van der Waals surface area contributed by atoms with Crippen LogP contribution in [-0.2, 0) is 17.8 Å². The molecule has 0 aromatic heterocycles. The van der Waals surface area contributed by atoms with Gasteiger partial charge in [-0.05, 0) is 53.6 Å². The monoisotopic (exact) mass is 407 g/mol. The van der Waals surface area contributed by atoms with Crippen LogP contribution >= 0.6 is 0 Å². The van der Waals surface area contributed by atoms with Gasteiger partial charge in [-0.1, -0.05) is 36.8 Å². The molecular weight excluding hydrogens is 377 g/mol. The van der Waals surface area contributed by atoms with E-state index >= 15 is 0 Å². The molecule has 0 spiro atoms. The van der Waals surface area contributed by atoms with E-state index in [0.29, 0.717) is 6.54 Å². The molecule has 30 heavy (non-hydrogen) atoms. The third kappa shape index (κ3) is 4.14. The van der Waals surface area contributed by atoms with E-state index in [2.05, 4.69) is 32.9 Å². The van der Waals surface area contributed by atoms with Crippen LogP contribution in [0.4, 0.5) is 4.39 Å². The summed E-state index contributed by atoms with van der Waals surface area (Å²) in [6, 6.07) is 13.9. The highest BCUT2D eigenvalue weighted by Gasteiger charge is 2.30. The van der Waals surface area contributed by atoms with Crippen molar-refractivity contribution < 1.29 is 9.18 Å². The van der Waals surface area contributed by atoms with E-state index in [1.54, 1.807) is 12.1 Å². The van der Waals surface area contributed by atoms with Crippen LogP contribution in [0.5, 0.6) is 0 Å². The lowest BCUT2D eigenvalue weighted by Gasteiger charge is -2.43. The zero-order valence-corrected chi connectivity index (χ0v) is 17.5. The molecule has 5 heteroatoms. The van der Waals surface area contributed by atoms with Crippen molar-refractivity contribution >= 4 is 5.91 Å². The SMILES string of the molecule is O=C(CN1CCc2cc(-c3cccc(F)c3)ccc2C1)N1CCN(C2CCC2)CC1. The maximum Gasteiger partial charge on any atom is 0.236 e. The molecule has 2 aromatic carbocycles. The molecule has 1 amide bonds. The molecule has 3 aliphatic rings. The quantitative estimate of drug-likeness (QED) is 0.776. The van der Waals surface area contributed by atoms with Crippen molar-refractivity contribution in [2.24, 2.45) is 0 Å². The van der Waals surface area contributed by atoms with Crippen LogP contribution in [0.15, 0.2) is 42.5 Å². The Morgan fingerprint density at radius 3 is 2.47 bits per heavy atom. The number of benzene rings is 2. The van der Waals surface area contributed by atoms with E-state index in [0.717, 1.165) is 62.9 Å². The molecule has 0 bridgehead atoms. The fraction of sp³-hybridized carbons (Fsp3) is 0.480. The number of hydrogen-bond acceptors (Lipinski definition) is 3. The Kier molecular flexibility index (Phi) is 5.57. The van der Waals surface area contributed by atoms with Crippen LogP contribution in [0.25, 0.3) is 11.1 Å². The standard InChI is InChI=1S/C25H30FN3O/c26-23-4-1-3-19(16-23)20-7-8-22-17-27(10-9-21(22)15-20)18-25(30)29-13-11-28(12-14-29)24-5-2-6-24/h1,3-4,7-8,15-16,24H,2,5-6,9-14,17-18H2. The average molecular weight is 408 g/mol. The first-order chi connectivity index (χ1) is 14.7. The number of rotatable bonds is 4. The number of fused-ring (bicyclic) bond motifs is 1. The van der Waals surface area contributed by atoms with E-state index in [1.165, 1.54) is 36.5 Å². The van der Waals surface area contributed by atoms with Crippen molar-refractivity contribution in [2.75, 3.05) is 39.3 Å². The number of amides is 1. The summed E-state index contributed by atoms with van der Waals surface area (Å²) in [5.74, 6) is 0.0616. The van der Waals surface area contributed by atoms with Gasteiger partial charge in [-0.2, -0.15) is 0 Å². The van der Waals surface area contributed by atoms with Crippen molar-refractivity contribution in [1.29, 1.82) is 0 Å². The zero-order chi connectivity index (χ0) is 20.5. The summed E-state index contributed by atoms with van der Waals surface area (Å²) in [4.78, 5) is 19.7. The van der Waals surface area contributed by atoms with Gasteiger partial charge in [0.25, 0.3) is 0 Å². The number of nitrogens with zero attached hydrogens (tertiary/aromatic N) is 3. The van der Waals surface area contributed by atoms with E-state index < -0.39 is 0 Å². The molecule has 2 aliphatic heterocycles. The van der Waals surface area contributed by atoms with Gasteiger partial charge in [-0.3, -0.25) is 14.6 Å². The average Bonchev–Trinajstić information content (AvgIpc) is 2.72. The molecule has 0 unspecified atom stereocenters. The summed E-state index contributed by atoms with van der Waals surface area (Å²) in [6.07, 6.45) is 4.97. The van der Waals surface area contributed by atoms with E-state index in [9.17, 15) is 9.18 Å². The van der Waals surface area contributed by atoms with Crippen molar-refractivity contribution in [3.63, 3.8) is 0 Å². The fourth-order valence-corrected chi connectivity index (χ4v) is 4.97. The third-order valence-corrected chi connectivity index (χ3v) is 7.07. The van der Waals surface area contributed by atoms with E-state index in [-0.39, 0.29) is 11.7 Å². The summed E-state index contributed by atoms with van der Waals surface area (Å²) >= 11 is 0. The first-order valence-electron chi connectivity index (χ1n) is 11.3. The molecule has 0 radical (unpaired) electrons. The van der Waals surface area contributed by atoms with Gasteiger partial charge in [0, 0.05) is 45.3 Å². The molecule has 4 nitrogen and oxygen atoms in total. The molecule has 2 heterocycles. The lowest BCUT2D eigenvalue weighted by molar-refractivity contribution is -0.135. The second kappa shape index (κ2) is 8.48. The highest BCUT2D eigenvalue weighted by Crippen LogP contribution is 2.27. The molecule has 2 aromatic rings. The Bertz CT molecular complexity index is 918. The Balaban J connectivity index is 1.17. The zero-order valence-electron chi connectivity index (χ0n) is 17.5. The van der Waals surface area contributed by atoms with E-state index in [4.69, 9.17) is 0 Å². The minimum absolute atomic E-state index is 0.205. The van der Waals surface area contributed by atoms with Gasteiger partial charge in [0.15, 0.2) is 0 Å². The van der Waals surface area contributed by atoms with Crippen LogP contribution in [0.3, 0.4) is 0 Å². The largest absolute Gasteiger partial charge is 0.339 e. The van der Waals surface area contributed by atoms with Crippen molar-refractivity contribution in [3.8, 4) is 11.1 Å². The molecule has 1 saturated heterocycles. The minimum atomic E-state index is -0.205. The Morgan fingerprint density at radius 2 is 1.73 bits per heavy atom. The molecule has 0 N–H and O–H groups in total. The Labute approximate surface area is 178 Å². The molecule has 5 rings (SSSR count). The summed E-state index contributed by atoms with van der Waals surface area (Å²) < 4.78 is 13.6. The summed E-state index contributed by atoms with van der Waals surface area (Å²) in [5.41, 5.74) is 4.57. The second-order valence-electron chi connectivity index (χ2n) is 8.96. The van der Waals surface area contributed by atoms with Gasteiger partial charge >= 0.3 is 0 Å². The lowest BCUT2D eigenvalue weighted by atomic mass is 9.91. The maximum absolute atomic E-state index is 13.6. The topological polar surface area (TPSA) is 26.8 Å². The summed E-state index contributed by atoms with van der Waals surface area (Å²) in [5, 5.41) is 0. The van der Waals surface area contributed by atoms with Crippen molar-refractivity contribution in [2.45, 2.75) is 38.3 Å².